The van der Waals surface area contributed by atoms with E-state index >= 15 is 0 Å². The Labute approximate surface area is 127 Å². The van der Waals surface area contributed by atoms with Gasteiger partial charge < -0.3 is 4.74 Å². The Balaban J connectivity index is 1.65. The van der Waals surface area contributed by atoms with Crippen molar-refractivity contribution >= 4 is 5.78 Å². The van der Waals surface area contributed by atoms with E-state index in [0.29, 0.717) is 11.7 Å². The molecule has 0 unspecified atom stereocenters. The van der Waals surface area contributed by atoms with Crippen LogP contribution in [-0.2, 0) is 9.53 Å². The number of ether oxygens (including phenoxy) is 1. The van der Waals surface area contributed by atoms with Crippen molar-refractivity contribution in [3.63, 3.8) is 0 Å². The summed E-state index contributed by atoms with van der Waals surface area (Å²) in [5.74, 6) is 4.63. The van der Waals surface area contributed by atoms with E-state index in [9.17, 15) is 4.79 Å². The molecule has 0 radical (unpaired) electrons. The normalized spacial score (nSPS) is 45.1. The molecular formula is C19H26O2. The maximum atomic E-state index is 12.3. The molecule has 4 aliphatic rings. The zero-order chi connectivity index (χ0) is 14.6. The quantitative estimate of drug-likeness (QED) is 0.719. The Kier molecular flexibility index (Phi) is 3.06. The van der Waals surface area contributed by atoms with Crippen LogP contribution >= 0.6 is 0 Å². The van der Waals surface area contributed by atoms with Crippen LogP contribution in [0.25, 0.3) is 0 Å². The molecule has 0 amide bonds. The summed E-state index contributed by atoms with van der Waals surface area (Å²) in [7, 11) is 1.79. The summed E-state index contributed by atoms with van der Waals surface area (Å²) in [6.07, 6.45) is 12.6. The average molecular weight is 286 g/mol. The van der Waals surface area contributed by atoms with Crippen molar-refractivity contribution in [2.24, 2.45) is 29.1 Å². The summed E-state index contributed by atoms with van der Waals surface area (Å²) < 4.78 is 5.45. The van der Waals surface area contributed by atoms with Gasteiger partial charge in [-0.25, -0.2) is 0 Å². The van der Waals surface area contributed by atoms with Crippen LogP contribution in [0.2, 0.25) is 0 Å². The van der Waals surface area contributed by atoms with Crippen molar-refractivity contribution < 1.29 is 9.53 Å². The average Bonchev–Trinajstić information content (AvgIpc) is 2.82. The SMILES string of the molecule is COC1=CC2=CC[C@@H]3[C@H](CC[C@]4(C)C(=O)CC[C@@H]34)[C@H]2CC1. The van der Waals surface area contributed by atoms with Gasteiger partial charge in [0.25, 0.3) is 0 Å². The van der Waals surface area contributed by atoms with E-state index in [4.69, 9.17) is 4.74 Å². The summed E-state index contributed by atoms with van der Waals surface area (Å²) in [5, 5.41) is 0. The molecule has 0 N–H and O–H groups in total. The van der Waals surface area contributed by atoms with Crippen molar-refractivity contribution in [2.75, 3.05) is 7.11 Å². The number of ketones is 1. The monoisotopic (exact) mass is 286 g/mol. The summed E-state index contributed by atoms with van der Waals surface area (Å²) in [6.45, 7) is 2.26. The molecule has 2 heteroatoms. The number of Topliss-reactive ketones (excluding diaryl/α,β-unsaturated/α-hetero) is 1. The molecule has 0 aromatic rings. The Morgan fingerprint density at radius 3 is 2.86 bits per heavy atom. The molecule has 4 rings (SSSR count). The van der Waals surface area contributed by atoms with E-state index in [2.05, 4.69) is 19.1 Å². The maximum Gasteiger partial charge on any atom is 0.139 e. The fourth-order valence-corrected chi connectivity index (χ4v) is 5.86. The Bertz CT molecular complexity index is 530. The number of methoxy groups -OCH3 is 1. The minimum Gasteiger partial charge on any atom is -0.501 e. The van der Waals surface area contributed by atoms with Gasteiger partial charge in [0, 0.05) is 18.3 Å². The van der Waals surface area contributed by atoms with E-state index in [1.165, 1.54) is 24.8 Å². The highest BCUT2D eigenvalue weighted by Gasteiger charge is 2.55. The number of carbonyl (C=O) groups is 1. The van der Waals surface area contributed by atoms with Crippen LogP contribution in [0, 0.1) is 29.1 Å². The summed E-state index contributed by atoms with van der Waals surface area (Å²) in [6, 6.07) is 0. The molecule has 5 atom stereocenters. The lowest BCUT2D eigenvalue weighted by atomic mass is 9.53. The van der Waals surface area contributed by atoms with Gasteiger partial charge in [0.15, 0.2) is 0 Å². The summed E-state index contributed by atoms with van der Waals surface area (Å²) in [5.41, 5.74) is 1.53. The molecule has 0 heterocycles. The molecule has 0 saturated heterocycles. The first kappa shape index (κ1) is 13.6. The molecule has 0 aliphatic heterocycles. The second kappa shape index (κ2) is 4.72. The maximum absolute atomic E-state index is 12.3. The Hall–Kier alpha value is -1.05. The number of allylic oxidation sites excluding steroid dienone is 4. The minimum atomic E-state index is 0.00864. The summed E-state index contributed by atoms with van der Waals surface area (Å²) >= 11 is 0. The van der Waals surface area contributed by atoms with E-state index in [0.717, 1.165) is 49.2 Å². The molecular weight excluding hydrogens is 260 g/mol. The Morgan fingerprint density at radius 1 is 1.19 bits per heavy atom. The van der Waals surface area contributed by atoms with Gasteiger partial charge in [-0.15, -0.1) is 0 Å². The first-order chi connectivity index (χ1) is 10.1. The zero-order valence-electron chi connectivity index (χ0n) is 13.2. The minimum absolute atomic E-state index is 0.00864. The third kappa shape index (κ3) is 1.87. The lowest BCUT2D eigenvalue weighted by Gasteiger charge is -2.50. The van der Waals surface area contributed by atoms with Gasteiger partial charge in [0.2, 0.25) is 0 Å². The standard InChI is InChI=1S/C19H26O2/c1-19-10-9-15-14-6-4-13(21-2)11-12(14)3-5-16(15)17(19)7-8-18(19)20/h3,11,14-17H,4-10H2,1-2H3/t14-,15+,16+,17-,19-/m0/s1. The molecule has 2 saturated carbocycles. The van der Waals surface area contributed by atoms with Crippen molar-refractivity contribution in [3.05, 3.63) is 23.5 Å². The van der Waals surface area contributed by atoms with Gasteiger partial charge >= 0.3 is 0 Å². The van der Waals surface area contributed by atoms with Gasteiger partial charge in [-0.1, -0.05) is 13.0 Å². The highest BCUT2D eigenvalue weighted by atomic mass is 16.5. The molecule has 114 valence electrons. The van der Waals surface area contributed by atoms with Crippen LogP contribution in [0.3, 0.4) is 0 Å². The molecule has 0 spiro atoms. The van der Waals surface area contributed by atoms with Gasteiger partial charge in [-0.05, 0) is 67.4 Å². The smallest absolute Gasteiger partial charge is 0.139 e. The van der Waals surface area contributed by atoms with Gasteiger partial charge in [0.05, 0.1) is 12.9 Å². The van der Waals surface area contributed by atoms with Gasteiger partial charge in [0.1, 0.15) is 5.78 Å². The molecule has 0 aromatic heterocycles. The van der Waals surface area contributed by atoms with Crippen molar-refractivity contribution in [1.29, 1.82) is 0 Å². The number of fused-ring (bicyclic) bond motifs is 5. The van der Waals surface area contributed by atoms with Crippen LogP contribution in [0.4, 0.5) is 0 Å². The number of rotatable bonds is 1. The first-order valence-electron chi connectivity index (χ1n) is 8.61. The van der Waals surface area contributed by atoms with Crippen molar-refractivity contribution in [1.82, 2.24) is 0 Å². The van der Waals surface area contributed by atoms with Crippen LogP contribution < -0.4 is 0 Å². The number of carbonyl (C=O) groups excluding carboxylic acids is 1. The van der Waals surface area contributed by atoms with Crippen LogP contribution in [0.1, 0.15) is 51.9 Å². The second-order valence-corrected chi connectivity index (χ2v) is 7.75. The first-order valence-corrected chi connectivity index (χ1v) is 8.61. The molecule has 4 aliphatic carbocycles. The molecule has 0 bridgehead atoms. The number of hydrogen-bond donors (Lipinski definition) is 0. The summed E-state index contributed by atoms with van der Waals surface area (Å²) in [4.78, 5) is 12.3. The van der Waals surface area contributed by atoms with E-state index in [1.807, 2.05) is 0 Å². The fourth-order valence-electron chi connectivity index (χ4n) is 5.86. The highest BCUT2D eigenvalue weighted by Crippen LogP contribution is 2.59. The van der Waals surface area contributed by atoms with Crippen molar-refractivity contribution in [2.45, 2.75) is 51.9 Å². The molecule has 0 aromatic carbocycles. The van der Waals surface area contributed by atoms with Gasteiger partial charge in [-0.2, -0.15) is 0 Å². The third-order valence-corrected chi connectivity index (χ3v) is 7.06. The molecule has 2 nitrogen and oxygen atoms in total. The highest BCUT2D eigenvalue weighted by molar-refractivity contribution is 5.87. The van der Waals surface area contributed by atoms with Gasteiger partial charge in [-0.3, -0.25) is 4.79 Å². The third-order valence-electron chi connectivity index (χ3n) is 7.06. The van der Waals surface area contributed by atoms with Crippen LogP contribution in [-0.4, -0.2) is 12.9 Å². The second-order valence-electron chi connectivity index (χ2n) is 7.75. The molecule has 21 heavy (non-hydrogen) atoms. The largest absolute Gasteiger partial charge is 0.501 e. The molecule has 2 fully saturated rings. The zero-order valence-corrected chi connectivity index (χ0v) is 13.2. The van der Waals surface area contributed by atoms with E-state index in [1.54, 1.807) is 7.11 Å². The van der Waals surface area contributed by atoms with E-state index in [-0.39, 0.29) is 5.41 Å². The van der Waals surface area contributed by atoms with E-state index < -0.39 is 0 Å². The predicted octanol–water partition coefficient (Wildman–Crippen LogP) is 4.27. The number of hydrogen-bond acceptors (Lipinski definition) is 2. The topological polar surface area (TPSA) is 26.3 Å². The van der Waals surface area contributed by atoms with Crippen LogP contribution in [0.5, 0.6) is 0 Å². The lowest BCUT2D eigenvalue weighted by Crippen LogP contribution is -2.45. The van der Waals surface area contributed by atoms with Crippen molar-refractivity contribution in [3.8, 4) is 0 Å². The lowest BCUT2D eigenvalue weighted by molar-refractivity contribution is -0.130. The van der Waals surface area contributed by atoms with Crippen LogP contribution in [0.15, 0.2) is 23.5 Å². The fraction of sp³-hybridized carbons (Fsp3) is 0.737. The Morgan fingerprint density at radius 2 is 2.05 bits per heavy atom. The predicted molar refractivity (Wildman–Crippen MR) is 82.6 cm³/mol.